The predicted octanol–water partition coefficient (Wildman–Crippen LogP) is 5.94. The minimum atomic E-state index is -0.665. The molecule has 0 saturated carbocycles. The fraction of sp³-hybridized carbons (Fsp3) is 0.182. The van der Waals surface area contributed by atoms with Crippen LogP contribution in [0.4, 0.5) is 0 Å². The van der Waals surface area contributed by atoms with Gasteiger partial charge in [-0.15, -0.1) is 11.3 Å². The maximum absolute atomic E-state index is 14.2. The van der Waals surface area contributed by atoms with Crippen LogP contribution >= 0.6 is 22.7 Å². The first kappa shape index (κ1) is 26.9. The number of thiazole rings is 1. The van der Waals surface area contributed by atoms with E-state index in [-0.39, 0.29) is 18.3 Å². The van der Waals surface area contributed by atoms with Crippen molar-refractivity contribution in [2.75, 3.05) is 6.61 Å². The topological polar surface area (TPSA) is 69.9 Å². The quantitative estimate of drug-likeness (QED) is 0.224. The van der Waals surface area contributed by atoms with Gasteiger partial charge in [-0.05, 0) is 55.1 Å². The minimum absolute atomic E-state index is 0.0380. The molecule has 1 atom stereocenters. The van der Waals surface area contributed by atoms with Crippen LogP contribution in [-0.4, -0.2) is 23.2 Å². The van der Waals surface area contributed by atoms with E-state index in [1.165, 1.54) is 22.7 Å². The van der Waals surface area contributed by atoms with Crippen LogP contribution < -0.4 is 19.6 Å². The Labute approximate surface area is 245 Å². The molecule has 3 aromatic carbocycles. The third-order valence-electron chi connectivity index (χ3n) is 6.76. The first-order valence-corrected chi connectivity index (χ1v) is 15.2. The van der Waals surface area contributed by atoms with Gasteiger partial charge in [0.2, 0.25) is 0 Å². The molecule has 206 valence electrons. The van der Waals surface area contributed by atoms with Crippen molar-refractivity contribution >= 4 is 51.2 Å². The fourth-order valence-corrected chi connectivity index (χ4v) is 6.87. The van der Waals surface area contributed by atoms with E-state index in [9.17, 15) is 9.59 Å². The molecule has 0 radical (unpaired) electrons. The summed E-state index contributed by atoms with van der Waals surface area (Å²) in [5.74, 6) is 0.223. The Morgan fingerprint density at radius 2 is 1.80 bits per heavy atom. The molecular formula is C33H28N2O4S2. The van der Waals surface area contributed by atoms with Crippen LogP contribution in [-0.2, 0) is 9.53 Å². The van der Waals surface area contributed by atoms with E-state index in [2.05, 4.69) is 0 Å². The van der Waals surface area contributed by atoms with Gasteiger partial charge in [0.25, 0.3) is 5.56 Å². The van der Waals surface area contributed by atoms with Gasteiger partial charge in [0, 0.05) is 16.0 Å². The molecule has 0 saturated heterocycles. The number of aromatic nitrogens is 1. The van der Waals surface area contributed by atoms with Gasteiger partial charge >= 0.3 is 5.97 Å². The number of hydrogen-bond acceptors (Lipinski definition) is 7. The molecule has 1 unspecified atom stereocenters. The molecule has 1 aliphatic heterocycles. The molecule has 2 aromatic heterocycles. The minimum Gasteiger partial charge on any atom is -0.490 e. The van der Waals surface area contributed by atoms with Crippen LogP contribution in [0.2, 0.25) is 0 Å². The number of nitrogens with zero attached hydrogens (tertiary/aromatic N) is 2. The molecule has 0 aliphatic carbocycles. The number of carbonyl (C=O) groups excluding carboxylic acids is 1. The molecule has 0 amide bonds. The van der Waals surface area contributed by atoms with Crippen molar-refractivity contribution in [3.8, 4) is 5.75 Å². The average molecular weight is 581 g/mol. The summed E-state index contributed by atoms with van der Waals surface area (Å²) < 4.78 is 13.8. The molecule has 0 fully saturated rings. The van der Waals surface area contributed by atoms with Crippen LogP contribution in [0, 0.1) is 0 Å². The monoisotopic (exact) mass is 580 g/mol. The van der Waals surface area contributed by atoms with Crippen molar-refractivity contribution < 1.29 is 14.3 Å². The predicted molar refractivity (Wildman–Crippen MR) is 165 cm³/mol. The number of benzene rings is 3. The van der Waals surface area contributed by atoms with Gasteiger partial charge in [0.05, 0.1) is 28.5 Å². The van der Waals surface area contributed by atoms with Gasteiger partial charge in [-0.3, -0.25) is 9.36 Å². The standard InChI is InChI=1S/C33H28N2O4S2/c1-4-38-32(37)28-29(22-12-6-5-7-13-22)34-33-35(30(28)26-15-10-18-40-26)31(36)27(41-33)19-24-23-14-9-8-11-21(23)16-17-25(24)39-20(2)3/h5-20,30H,4H2,1-3H3/b27-19+. The number of ether oxygens (including phenoxy) is 2. The molecule has 5 aromatic rings. The van der Waals surface area contributed by atoms with E-state index in [0.717, 1.165) is 26.8 Å². The third-order valence-corrected chi connectivity index (χ3v) is 8.66. The smallest absolute Gasteiger partial charge is 0.338 e. The number of rotatable bonds is 7. The molecule has 1 aliphatic rings. The van der Waals surface area contributed by atoms with Crippen molar-refractivity contribution in [3.63, 3.8) is 0 Å². The summed E-state index contributed by atoms with van der Waals surface area (Å²) >= 11 is 2.80. The van der Waals surface area contributed by atoms with Crippen molar-refractivity contribution in [2.45, 2.75) is 32.9 Å². The number of thiophene rings is 1. The summed E-state index contributed by atoms with van der Waals surface area (Å²) in [4.78, 5) is 34.1. The van der Waals surface area contributed by atoms with Gasteiger partial charge in [-0.1, -0.05) is 78.1 Å². The Morgan fingerprint density at radius 1 is 1.02 bits per heavy atom. The SMILES string of the molecule is CCOC(=O)C1=C(c2ccccc2)N=c2s/c(=C/c3c(OC(C)C)ccc4ccccc34)c(=O)n2C1c1cccs1. The van der Waals surface area contributed by atoms with Gasteiger partial charge < -0.3 is 9.47 Å². The number of hydrogen-bond donors (Lipinski definition) is 0. The number of fused-ring (bicyclic) bond motifs is 2. The molecule has 41 heavy (non-hydrogen) atoms. The van der Waals surface area contributed by atoms with Gasteiger partial charge in [0.15, 0.2) is 4.80 Å². The first-order valence-electron chi connectivity index (χ1n) is 13.5. The van der Waals surface area contributed by atoms with Crippen LogP contribution in [0.15, 0.2) is 99.6 Å². The van der Waals surface area contributed by atoms with E-state index in [1.54, 1.807) is 11.5 Å². The first-order chi connectivity index (χ1) is 20.0. The number of esters is 1. The highest BCUT2D eigenvalue weighted by molar-refractivity contribution is 7.10. The molecule has 8 heteroatoms. The molecule has 0 bridgehead atoms. The van der Waals surface area contributed by atoms with E-state index < -0.39 is 12.0 Å². The highest BCUT2D eigenvalue weighted by atomic mass is 32.1. The molecule has 0 spiro atoms. The molecule has 0 N–H and O–H groups in total. The zero-order valence-electron chi connectivity index (χ0n) is 22.9. The summed E-state index contributed by atoms with van der Waals surface area (Å²) in [5.41, 5.74) is 2.28. The average Bonchev–Trinajstić information content (AvgIpc) is 3.62. The maximum Gasteiger partial charge on any atom is 0.338 e. The van der Waals surface area contributed by atoms with Crippen molar-refractivity contribution in [1.82, 2.24) is 4.57 Å². The lowest BCUT2D eigenvalue weighted by Gasteiger charge is -2.24. The summed E-state index contributed by atoms with van der Waals surface area (Å²) in [7, 11) is 0. The summed E-state index contributed by atoms with van der Waals surface area (Å²) in [6.07, 6.45) is 1.86. The van der Waals surface area contributed by atoms with E-state index in [4.69, 9.17) is 14.5 Å². The Hall–Kier alpha value is -4.27. The van der Waals surface area contributed by atoms with Crippen molar-refractivity contribution in [1.29, 1.82) is 0 Å². The second-order valence-corrected chi connectivity index (χ2v) is 11.8. The zero-order valence-corrected chi connectivity index (χ0v) is 24.5. The van der Waals surface area contributed by atoms with E-state index >= 15 is 0 Å². The lowest BCUT2D eigenvalue weighted by Crippen LogP contribution is -2.39. The normalized spacial score (nSPS) is 15.2. The highest BCUT2D eigenvalue weighted by Crippen LogP contribution is 2.37. The second-order valence-electron chi connectivity index (χ2n) is 9.81. The lowest BCUT2D eigenvalue weighted by atomic mass is 9.97. The molecule has 3 heterocycles. The third kappa shape index (κ3) is 5.05. The Balaban J connectivity index is 1.65. The Kier molecular flexibility index (Phi) is 7.43. The molecule has 6 nitrogen and oxygen atoms in total. The largest absolute Gasteiger partial charge is 0.490 e. The maximum atomic E-state index is 14.2. The summed E-state index contributed by atoms with van der Waals surface area (Å²) in [5, 5.41) is 3.99. The van der Waals surface area contributed by atoms with Crippen molar-refractivity contribution in [3.05, 3.63) is 126 Å². The summed E-state index contributed by atoms with van der Waals surface area (Å²) in [6.45, 7) is 5.95. The van der Waals surface area contributed by atoms with Gasteiger partial charge in [0.1, 0.15) is 11.8 Å². The van der Waals surface area contributed by atoms with E-state index in [0.29, 0.717) is 26.4 Å². The fourth-order valence-electron chi connectivity index (χ4n) is 5.07. The highest BCUT2D eigenvalue weighted by Gasteiger charge is 2.35. The van der Waals surface area contributed by atoms with Crippen LogP contribution in [0.3, 0.4) is 0 Å². The van der Waals surface area contributed by atoms with Crippen molar-refractivity contribution in [2.24, 2.45) is 4.99 Å². The van der Waals surface area contributed by atoms with Gasteiger partial charge in [-0.2, -0.15) is 0 Å². The van der Waals surface area contributed by atoms with E-state index in [1.807, 2.05) is 104 Å². The van der Waals surface area contributed by atoms with Crippen LogP contribution in [0.5, 0.6) is 5.75 Å². The van der Waals surface area contributed by atoms with Crippen LogP contribution in [0.25, 0.3) is 22.5 Å². The second kappa shape index (κ2) is 11.3. The van der Waals surface area contributed by atoms with Gasteiger partial charge in [-0.25, -0.2) is 9.79 Å². The number of carbonyl (C=O) groups is 1. The van der Waals surface area contributed by atoms with Crippen LogP contribution in [0.1, 0.15) is 42.8 Å². The Bertz CT molecular complexity index is 1950. The lowest BCUT2D eigenvalue weighted by molar-refractivity contribution is -0.138. The Morgan fingerprint density at radius 3 is 2.54 bits per heavy atom. The zero-order chi connectivity index (χ0) is 28.5. The summed E-state index contributed by atoms with van der Waals surface area (Å²) in [6, 6.07) is 24.8. The molecular weight excluding hydrogens is 553 g/mol. The molecule has 6 rings (SSSR count).